The molecule has 0 radical (unpaired) electrons. The summed E-state index contributed by atoms with van der Waals surface area (Å²) in [6.45, 7) is 6.76. The number of rotatable bonds is 6. The first kappa shape index (κ1) is 19.3. The number of nitrogens with zero attached hydrogens (tertiary/aromatic N) is 4. The van der Waals surface area contributed by atoms with Crippen molar-refractivity contribution < 1.29 is 14.0 Å². The Labute approximate surface area is 161 Å². The first-order valence-electron chi connectivity index (χ1n) is 8.85. The van der Waals surface area contributed by atoms with Crippen LogP contribution in [0.25, 0.3) is 0 Å². The number of hydrogen-bond acceptors (Lipinski definition) is 7. The molecule has 1 aliphatic heterocycles. The number of thioether (sulfide) groups is 1. The number of nitrogens with two attached hydrogens (primary N) is 1. The molecule has 27 heavy (non-hydrogen) atoms. The summed E-state index contributed by atoms with van der Waals surface area (Å²) < 4.78 is 7.43. The molecule has 0 aromatic carbocycles. The van der Waals surface area contributed by atoms with Crippen molar-refractivity contribution in [1.29, 1.82) is 0 Å². The van der Waals surface area contributed by atoms with Gasteiger partial charge in [-0.05, 0) is 30.4 Å². The van der Waals surface area contributed by atoms with Gasteiger partial charge in [0.15, 0.2) is 5.16 Å². The van der Waals surface area contributed by atoms with Crippen LogP contribution in [-0.4, -0.2) is 45.5 Å². The van der Waals surface area contributed by atoms with Crippen molar-refractivity contribution in [1.82, 2.24) is 20.1 Å². The molecule has 2 aromatic heterocycles. The molecule has 0 saturated carbocycles. The lowest BCUT2D eigenvalue weighted by Crippen LogP contribution is -2.40. The first-order valence-corrected chi connectivity index (χ1v) is 9.83. The molecule has 0 bridgehead atoms. The van der Waals surface area contributed by atoms with Crippen LogP contribution < -0.4 is 16.0 Å². The molecule has 1 fully saturated rings. The van der Waals surface area contributed by atoms with Gasteiger partial charge in [-0.2, -0.15) is 0 Å². The summed E-state index contributed by atoms with van der Waals surface area (Å²) in [5, 5.41) is 11.3. The third-order valence-corrected chi connectivity index (χ3v) is 5.30. The van der Waals surface area contributed by atoms with Crippen LogP contribution in [0.1, 0.15) is 26.0 Å². The third-order valence-electron chi connectivity index (χ3n) is 4.34. The van der Waals surface area contributed by atoms with E-state index in [1.54, 1.807) is 6.26 Å². The molecule has 3 N–H and O–H groups in total. The summed E-state index contributed by atoms with van der Waals surface area (Å²) in [6.07, 6.45) is 2.81. The van der Waals surface area contributed by atoms with E-state index in [0.29, 0.717) is 23.5 Å². The number of nitrogens with one attached hydrogen (secondary N) is 1. The lowest BCUT2D eigenvalue weighted by molar-refractivity contribution is -0.117. The Morgan fingerprint density at radius 2 is 2.07 bits per heavy atom. The zero-order valence-electron chi connectivity index (χ0n) is 15.4. The second-order valence-corrected chi connectivity index (χ2v) is 7.94. The fraction of sp³-hybridized carbons (Fsp3) is 0.529. The van der Waals surface area contributed by atoms with Crippen molar-refractivity contribution in [2.75, 3.05) is 23.7 Å². The maximum absolute atomic E-state index is 11.7. The number of carbonyl (C=O) groups is 2. The molecule has 3 rings (SSSR count). The molecule has 3 heterocycles. The van der Waals surface area contributed by atoms with Gasteiger partial charge in [-0.3, -0.25) is 14.7 Å². The third kappa shape index (κ3) is 5.03. The van der Waals surface area contributed by atoms with Crippen molar-refractivity contribution in [2.45, 2.75) is 32.0 Å². The quantitative estimate of drug-likeness (QED) is 0.718. The van der Waals surface area contributed by atoms with Crippen LogP contribution in [0.3, 0.4) is 0 Å². The van der Waals surface area contributed by atoms with E-state index in [-0.39, 0.29) is 5.75 Å². The largest absolute Gasteiger partial charge is 0.467 e. The van der Waals surface area contributed by atoms with Gasteiger partial charge in [0.1, 0.15) is 5.76 Å². The van der Waals surface area contributed by atoms with Crippen LogP contribution >= 0.6 is 11.8 Å². The van der Waals surface area contributed by atoms with Crippen molar-refractivity contribution in [3.63, 3.8) is 0 Å². The minimum absolute atomic E-state index is 0.0199. The number of piperidine rings is 1. The normalized spacial score (nSPS) is 19.9. The van der Waals surface area contributed by atoms with E-state index in [9.17, 15) is 9.59 Å². The summed E-state index contributed by atoms with van der Waals surface area (Å²) >= 11 is 1.21. The van der Waals surface area contributed by atoms with Gasteiger partial charge in [-0.15, -0.1) is 10.2 Å². The number of furan rings is 1. The average molecular weight is 392 g/mol. The van der Waals surface area contributed by atoms with E-state index >= 15 is 0 Å². The Kier molecular flexibility index (Phi) is 6.04. The molecular weight excluding hydrogens is 368 g/mol. The number of primary amides is 1. The average Bonchev–Trinajstić information content (AvgIpc) is 3.22. The molecule has 2 atom stereocenters. The van der Waals surface area contributed by atoms with Gasteiger partial charge in [-0.1, -0.05) is 25.6 Å². The van der Waals surface area contributed by atoms with Crippen LogP contribution in [0.4, 0.5) is 10.7 Å². The van der Waals surface area contributed by atoms with E-state index in [1.165, 1.54) is 18.2 Å². The number of aromatic nitrogens is 3. The van der Waals surface area contributed by atoms with Crippen LogP contribution in [0.2, 0.25) is 0 Å². The highest BCUT2D eigenvalue weighted by atomic mass is 32.2. The van der Waals surface area contributed by atoms with Crippen molar-refractivity contribution in [3.8, 4) is 0 Å². The van der Waals surface area contributed by atoms with Gasteiger partial charge >= 0.3 is 6.03 Å². The summed E-state index contributed by atoms with van der Waals surface area (Å²) in [5.41, 5.74) is 4.98. The maximum atomic E-state index is 11.7. The predicted octanol–water partition coefficient (Wildman–Crippen LogP) is 1.69. The fourth-order valence-corrected chi connectivity index (χ4v) is 4.18. The summed E-state index contributed by atoms with van der Waals surface area (Å²) in [6, 6.07) is 2.85. The van der Waals surface area contributed by atoms with E-state index in [4.69, 9.17) is 10.2 Å². The first-order chi connectivity index (χ1) is 12.9. The SMILES string of the molecule is C[C@@H]1C[C@H](C)CN(c2nnc(SCC(=O)NC(N)=O)n2Cc2ccco2)C1. The van der Waals surface area contributed by atoms with Crippen molar-refractivity contribution >= 4 is 29.6 Å². The molecule has 10 heteroatoms. The highest BCUT2D eigenvalue weighted by Crippen LogP contribution is 2.28. The van der Waals surface area contributed by atoms with Gasteiger partial charge in [0.25, 0.3) is 0 Å². The molecule has 9 nitrogen and oxygen atoms in total. The zero-order valence-corrected chi connectivity index (χ0v) is 16.2. The van der Waals surface area contributed by atoms with Gasteiger partial charge in [0.2, 0.25) is 11.9 Å². The van der Waals surface area contributed by atoms with Crippen LogP contribution in [0, 0.1) is 11.8 Å². The molecule has 2 aromatic rings. The molecule has 146 valence electrons. The van der Waals surface area contributed by atoms with Crippen LogP contribution in [-0.2, 0) is 11.3 Å². The number of carbonyl (C=O) groups excluding carboxylic acids is 2. The minimum atomic E-state index is -0.866. The van der Waals surface area contributed by atoms with Crippen molar-refractivity contribution in [2.24, 2.45) is 17.6 Å². The topological polar surface area (TPSA) is 119 Å². The molecule has 1 saturated heterocycles. The van der Waals surface area contributed by atoms with Crippen LogP contribution in [0.15, 0.2) is 28.0 Å². The number of hydrogen-bond donors (Lipinski definition) is 2. The van der Waals surface area contributed by atoms with Gasteiger partial charge in [-0.25, -0.2) is 4.79 Å². The summed E-state index contributed by atoms with van der Waals surface area (Å²) in [5.74, 6) is 2.23. The van der Waals surface area contributed by atoms with Gasteiger partial charge in [0.05, 0.1) is 18.6 Å². The Hall–Kier alpha value is -2.49. The summed E-state index contributed by atoms with van der Waals surface area (Å²) in [4.78, 5) is 24.8. The smallest absolute Gasteiger partial charge is 0.318 e. The highest BCUT2D eigenvalue weighted by Gasteiger charge is 2.27. The molecule has 0 aliphatic carbocycles. The van der Waals surface area contributed by atoms with Crippen molar-refractivity contribution in [3.05, 3.63) is 24.2 Å². The van der Waals surface area contributed by atoms with Crippen LogP contribution in [0.5, 0.6) is 0 Å². The predicted molar refractivity (Wildman–Crippen MR) is 101 cm³/mol. The zero-order chi connectivity index (χ0) is 19.4. The lowest BCUT2D eigenvalue weighted by atomic mass is 9.92. The molecule has 0 spiro atoms. The minimum Gasteiger partial charge on any atom is -0.467 e. The Morgan fingerprint density at radius 3 is 2.70 bits per heavy atom. The number of urea groups is 1. The fourth-order valence-electron chi connectivity index (χ4n) is 3.45. The molecule has 1 aliphatic rings. The Balaban J connectivity index is 1.81. The molecular formula is C17H24N6O3S. The number of amides is 3. The standard InChI is InChI=1S/C17H24N6O3S/c1-11-6-12(2)8-22(7-11)16-20-21-17(27-10-14(24)19-15(18)25)23(16)9-13-4-3-5-26-13/h3-5,11-12H,6-10H2,1-2H3,(H3,18,19,24,25)/t11-,12+. The Bertz CT molecular complexity index is 781. The molecule has 3 amide bonds. The van der Waals surface area contributed by atoms with E-state index in [2.05, 4.69) is 34.3 Å². The van der Waals surface area contributed by atoms with E-state index in [1.807, 2.05) is 16.7 Å². The van der Waals surface area contributed by atoms with E-state index in [0.717, 1.165) is 24.8 Å². The second-order valence-electron chi connectivity index (χ2n) is 7.00. The highest BCUT2D eigenvalue weighted by molar-refractivity contribution is 7.99. The van der Waals surface area contributed by atoms with E-state index < -0.39 is 11.9 Å². The van der Waals surface area contributed by atoms with Gasteiger partial charge < -0.3 is 15.1 Å². The summed E-state index contributed by atoms with van der Waals surface area (Å²) in [7, 11) is 0. The Morgan fingerprint density at radius 1 is 1.33 bits per heavy atom. The molecule has 0 unspecified atom stereocenters. The number of imide groups is 1. The number of anilines is 1. The van der Waals surface area contributed by atoms with Gasteiger partial charge in [0, 0.05) is 13.1 Å². The lowest BCUT2D eigenvalue weighted by Gasteiger charge is -2.35. The monoisotopic (exact) mass is 392 g/mol. The maximum Gasteiger partial charge on any atom is 0.318 e. The second kappa shape index (κ2) is 8.47.